The maximum absolute atomic E-state index is 14.2. The van der Waals surface area contributed by atoms with E-state index < -0.39 is 31.9 Å². The number of carbonyl (C=O) groups excluding carboxylic acids is 1. The van der Waals surface area contributed by atoms with E-state index in [4.69, 9.17) is 28.0 Å². The number of hydrogen-bond acceptors (Lipinski definition) is 8. The minimum Gasteiger partial charge on any atom is -0.428 e. The van der Waals surface area contributed by atoms with Crippen LogP contribution in [0.2, 0.25) is 0 Å². The summed E-state index contributed by atoms with van der Waals surface area (Å²) < 4.78 is 50.4. The van der Waals surface area contributed by atoms with Gasteiger partial charge in [0.2, 0.25) is 0 Å². The Morgan fingerprint density at radius 1 is 0.897 bits per heavy atom. The highest BCUT2D eigenvalue weighted by atomic mass is 31.2. The molecule has 0 N–H and O–H groups in total. The third-order valence-corrected chi connectivity index (χ3v) is 8.42. The van der Waals surface area contributed by atoms with E-state index in [0.29, 0.717) is 13.0 Å². The van der Waals surface area contributed by atoms with Gasteiger partial charge in [0.15, 0.2) is 5.76 Å². The number of rotatable bonds is 16. The first-order chi connectivity index (χ1) is 18.9. The molecule has 0 unspecified atom stereocenters. The molecular formula is C30H41O8P. The van der Waals surface area contributed by atoms with Crippen LogP contribution in [0.1, 0.15) is 58.1 Å². The van der Waals surface area contributed by atoms with Gasteiger partial charge in [0, 0.05) is 6.92 Å². The first kappa shape index (κ1) is 31.2. The first-order valence-corrected chi connectivity index (χ1v) is 15.2. The van der Waals surface area contributed by atoms with Crippen molar-refractivity contribution in [3.8, 4) is 0 Å². The van der Waals surface area contributed by atoms with E-state index in [2.05, 4.69) is 6.92 Å². The van der Waals surface area contributed by atoms with Gasteiger partial charge in [-0.3, -0.25) is 9.36 Å². The second kappa shape index (κ2) is 16.1. The van der Waals surface area contributed by atoms with Crippen LogP contribution in [0.5, 0.6) is 0 Å². The molecule has 0 amide bonds. The van der Waals surface area contributed by atoms with Crippen LogP contribution in [-0.4, -0.2) is 44.1 Å². The Bertz CT molecular complexity index is 1080. The zero-order chi connectivity index (χ0) is 28.1. The molecule has 0 aliphatic carbocycles. The van der Waals surface area contributed by atoms with Crippen molar-refractivity contribution in [2.45, 2.75) is 78.5 Å². The molecule has 2 aromatic carbocycles. The number of benzene rings is 2. The van der Waals surface area contributed by atoms with Crippen LogP contribution in [0.4, 0.5) is 0 Å². The van der Waals surface area contributed by atoms with Gasteiger partial charge in [0.05, 0.1) is 39.1 Å². The van der Waals surface area contributed by atoms with Crippen LogP contribution >= 0.6 is 7.60 Å². The summed E-state index contributed by atoms with van der Waals surface area (Å²) in [4.78, 5) is 12.4. The molecule has 1 heterocycles. The Balaban J connectivity index is 2.04. The van der Waals surface area contributed by atoms with Crippen LogP contribution in [0.15, 0.2) is 71.7 Å². The number of hydrogen-bond donors (Lipinski definition) is 0. The van der Waals surface area contributed by atoms with Crippen molar-refractivity contribution in [3.63, 3.8) is 0 Å². The molecule has 1 aliphatic rings. The molecule has 39 heavy (non-hydrogen) atoms. The standard InChI is InChI=1S/C30H41O8P/c1-5-8-19-26-30(39(32,35-6-2)36-7-3)29(37-23(4)31)28(34-21-25-17-13-10-14-18-25)27(38-26)22-33-20-24-15-11-9-12-16-24/h9-18,26-28H,5-8,19-22H2,1-4H3/t26-,27-,28-/m1/s1. The lowest BCUT2D eigenvalue weighted by Crippen LogP contribution is -2.46. The molecule has 0 saturated heterocycles. The molecule has 0 saturated carbocycles. The Labute approximate surface area is 232 Å². The molecule has 0 spiro atoms. The van der Waals surface area contributed by atoms with Crippen LogP contribution in [0.25, 0.3) is 0 Å². The fourth-order valence-electron chi connectivity index (χ4n) is 4.44. The molecule has 214 valence electrons. The van der Waals surface area contributed by atoms with Gasteiger partial charge in [0.25, 0.3) is 0 Å². The summed E-state index contributed by atoms with van der Waals surface area (Å²) >= 11 is 0. The van der Waals surface area contributed by atoms with Gasteiger partial charge in [-0.25, -0.2) is 0 Å². The maximum Gasteiger partial charge on any atom is 0.363 e. The van der Waals surface area contributed by atoms with Gasteiger partial charge in [-0.2, -0.15) is 0 Å². The monoisotopic (exact) mass is 560 g/mol. The highest BCUT2D eigenvalue weighted by Crippen LogP contribution is 2.61. The van der Waals surface area contributed by atoms with Gasteiger partial charge in [-0.15, -0.1) is 0 Å². The SMILES string of the molecule is CCCC[C@H]1O[C@H](COCc2ccccc2)[C@@H](OCc2ccccc2)C(OC(C)=O)=C1P(=O)(OCC)OCC. The van der Waals surface area contributed by atoms with Gasteiger partial charge >= 0.3 is 13.6 Å². The Kier molecular flexibility index (Phi) is 12.9. The van der Waals surface area contributed by atoms with Gasteiger partial charge in [-0.1, -0.05) is 80.4 Å². The first-order valence-electron chi connectivity index (χ1n) is 13.7. The van der Waals surface area contributed by atoms with Crippen molar-refractivity contribution in [3.05, 3.63) is 82.9 Å². The third-order valence-electron chi connectivity index (χ3n) is 6.13. The maximum atomic E-state index is 14.2. The van der Waals surface area contributed by atoms with E-state index in [1.165, 1.54) is 6.92 Å². The minimum atomic E-state index is -3.88. The van der Waals surface area contributed by atoms with Crippen LogP contribution < -0.4 is 0 Å². The number of ether oxygens (including phenoxy) is 4. The third kappa shape index (κ3) is 9.10. The van der Waals surface area contributed by atoms with Crippen LogP contribution in [-0.2, 0) is 50.6 Å². The van der Waals surface area contributed by atoms with E-state index in [9.17, 15) is 9.36 Å². The average Bonchev–Trinajstić information content (AvgIpc) is 2.92. The van der Waals surface area contributed by atoms with E-state index in [1.807, 2.05) is 60.7 Å². The van der Waals surface area contributed by atoms with Crippen molar-refractivity contribution >= 4 is 13.6 Å². The molecule has 3 rings (SSSR count). The summed E-state index contributed by atoms with van der Waals surface area (Å²) in [5.41, 5.74) is 1.95. The minimum absolute atomic E-state index is 0.129. The molecule has 0 fully saturated rings. The highest BCUT2D eigenvalue weighted by Gasteiger charge is 2.49. The van der Waals surface area contributed by atoms with Crippen molar-refractivity contribution < 1.29 is 37.4 Å². The van der Waals surface area contributed by atoms with E-state index in [0.717, 1.165) is 24.0 Å². The molecule has 3 atom stereocenters. The number of carbonyl (C=O) groups is 1. The second-order valence-corrected chi connectivity index (χ2v) is 11.2. The number of esters is 1. The second-order valence-electron chi connectivity index (χ2n) is 9.20. The summed E-state index contributed by atoms with van der Waals surface area (Å²) in [6.07, 6.45) is 0.0622. The summed E-state index contributed by atoms with van der Waals surface area (Å²) in [6.45, 7) is 7.91. The van der Waals surface area contributed by atoms with Gasteiger partial charge in [-0.05, 0) is 31.4 Å². The van der Waals surface area contributed by atoms with Crippen molar-refractivity contribution in [2.75, 3.05) is 19.8 Å². The summed E-state index contributed by atoms with van der Waals surface area (Å²) in [7, 11) is -3.88. The van der Waals surface area contributed by atoms with Crippen molar-refractivity contribution in [1.29, 1.82) is 0 Å². The number of unbranched alkanes of at least 4 members (excludes halogenated alkanes) is 1. The van der Waals surface area contributed by atoms with Gasteiger partial charge < -0.3 is 28.0 Å². The Morgan fingerprint density at radius 2 is 1.49 bits per heavy atom. The predicted octanol–water partition coefficient (Wildman–Crippen LogP) is 6.79. The smallest absolute Gasteiger partial charge is 0.363 e. The summed E-state index contributed by atoms with van der Waals surface area (Å²) in [5, 5.41) is 0.215. The topological polar surface area (TPSA) is 89.5 Å². The molecule has 0 radical (unpaired) electrons. The summed E-state index contributed by atoms with van der Waals surface area (Å²) in [6, 6.07) is 19.5. The lowest BCUT2D eigenvalue weighted by atomic mass is 10.0. The fourth-order valence-corrected chi connectivity index (χ4v) is 6.46. The Hall–Kier alpha value is -2.32. The molecule has 2 aromatic rings. The average molecular weight is 561 g/mol. The highest BCUT2D eigenvalue weighted by molar-refractivity contribution is 7.58. The quantitative estimate of drug-likeness (QED) is 0.164. The fraction of sp³-hybridized carbons (Fsp3) is 0.500. The Morgan fingerprint density at radius 3 is 2.03 bits per heavy atom. The van der Waals surface area contributed by atoms with Crippen molar-refractivity contribution in [2.24, 2.45) is 0 Å². The molecule has 1 aliphatic heterocycles. The molecular weight excluding hydrogens is 519 g/mol. The van der Waals surface area contributed by atoms with Gasteiger partial charge in [0.1, 0.15) is 17.5 Å². The molecule has 0 bridgehead atoms. The van der Waals surface area contributed by atoms with Crippen LogP contribution in [0, 0.1) is 0 Å². The lowest BCUT2D eigenvalue weighted by Gasteiger charge is -2.40. The molecule has 9 heteroatoms. The lowest BCUT2D eigenvalue weighted by molar-refractivity contribution is -0.157. The zero-order valence-electron chi connectivity index (χ0n) is 23.4. The van der Waals surface area contributed by atoms with Crippen LogP contribution in [0.3, 0.4) is 0 Å². The largest absolute Gasteiger partial charge is 0.428 e. The zero-order valence-corrected chi connectivity index (χ0v) is 24.3. The van der Waals surface area contributed by atoms with E-state index >= 15 is 0 Å². The summed E-state index contributed by atoms with van der Waals surface area (Å²) in [5.74, 6) is -0.431. The predicted molar refractivity (Wildman–Crippen MR) is 149 cm³/mol. The van der Waals surface area contributed by atoms with E-state index in [-0.39, 0.29) is 37.5 Å². The molecule has 8 nitrogen and oxygen atoms in total. The molecule has 0 aromatic heterocycles. The normalized spacial score (nSPS) is 19.7. The van der Waals surface area contributed by atoms with E-state index in [1.54, 1.807) is 13.8 Å². The van der Waals surface area contributed by atoms with Crippen molar-refractivity contribution in [1.82, 2.24) is 0 Å².